The molecule has 0 bridgehead atoms. The average molecular weight is 320 g/mol. The van der Waals surface area contributed by atoms with Crippen molar-refractivity contribution in [2.75, 3.05) is 19.6 Å². The number of amides is 1. The Morgan fingerprint density at radius 2 is 1.87 bits per heavy atom. The molecule has 130 valence electrons. The summed E-state index contributed by atoms with van der Waals surface area (Å²) in [5.74, 6) is 0.154. The zero-order valence-electron chi connectivity index (χ0n) is 15.0. The molecule has 1 unspecified atom stereocenters. The van der Waals surface area contributed by atoms with E-state index in [0.717, 1.165) is 37.6 Å². The van der Waals surface area contributed by atoms with Crippen LogP contribution in [0.2, 0.25) is 0 Å². The summed E-state index contributed by atoms with van der Waals surface area (Å²) in [6, 6.07) is 2.17. The molecule has 23 heavy (non-hydrogen) atoms. The molecule has 1 aromatic rings. The van der Waals surface area contributed by atoms with Crippen molar-refractivity contribution in [1.29, 1.82) is 0 Å². The first kappa shape index (κ1) is 18.0. The minimum absolute atomic E-state index is 0.104. The highest BCUT2D eigenvalue weighted by atomic mass is 16.1. The van der Waals surface area contributed by atoms with Gasteiger partial charge in [-0.1, -0.05) is 19.3 Å². The second-order valence-corrected chi connectivity index (χ2v) is 6.94. The molecular weight excluding hydrogens is 288 g/mol. The maximum atomic E-state index is 12.2. The summed E-state index contributed by atoms with van der Waals surface area (Å²) in [6.07, 6.45) is 7.19. The summed E-state index contributed by atoms with van der Waals surface area (Å²) < 4.78 is 1.97. The van der Waals surface area contributed by atoms with E-state index in [0.29, 0.717) is 6.42 Å². The zero-order valence-corrected chi connectivity index (χ0v) is 15.0. The topological polar surface area (TPSA) is 50.2 Å². The van der Waals surface area contributed by atoms with E-state index in [1.165, 1.54) is 32.1 Å². The highest BCUT2D eigenvalue weighted by molar-refractivity contribution is 5.76. The molecule has 0 aliphatic carbocycles. The molecule has 1 aliphatic rings. The number of nitrogens with one attached hydrogen (secondary N) is 1. The molecule has 0 spiro atoms. The molecule has 5 nitrogen and oxygen atoms in total. The maximum Gasteiger partial charge on any atom is 0.221 e. The maximum absolute atomic E-state index is 12.2. The highest BCUT2D eigenvalue weighted by Gasteiger charge is 2.13. The Morgan fingerprint density at radius 3 is 2.48 bits per heavy atom. The van der Waals surface area contributed by atoms with Gasteiger partial charge in [-0.15, -0.1) is 0 Å². The fraction of sp³-hybridized carbons (Fsp3) is 0.778. The van der Waals surface area contributed by atoms with Crippen molar-refractivity contribution in [3.8, 4) is 0 Å². The second-order valence-electron chi connectivity index (χ2n) is 6.94. The van der Waals surface area contributed by atoms with E-state index >= 15 is 0 Å². The normalized spacial score (nSPS) is 18.2. The van der Waals surface area contributed by atoms with Gasteiger partial charge in [0.1, 0.15) is 0 Å². The number of likely N-dealkylation sites (tertiary alicyclic amines) is 1. The molecule has 5 heteroatoms. The van der Waals surface area contributed by atoms with Crippen molar-refractivity contribution in [2.24, 2.45) is 0 Å². The van der Waals surface area contributed by atoms with Gasteiger partial charge in [0.25, 0.3) is 0 Å². The van der Waals surface area contributed by atoms with Crippen LogP contribution in [0.15, 0.2) is 6.07 Å². The van der Waals surface area contributed by atoms with E-state index in [9.17, 15) is 4.79 Å². The molecular formula is C18H32N4O. The van der Waals surface area contributed by atoms with Gasteiger partial charge in [-0.3, -0.25) is 9.48 Å². The fourth-order valence-corrected chi connectivity index (χ4v) is 3.31. The summed E-state index contributed by atoms with van der Waals surface area (Å²) >= 11 is 0. The molecule has 2 heterocycles. The molecule has 0 radical (unpaired) electrons. The Morgan fingerprint density at radius 1 is 1.22 bits per heavy atom. The smallest absolute Gasteiger partial charge is 0.221 e. The van der Waals surface area contributed by atoms with Gasteiger partial charge in [0.05, 0.1) is 12.2 Å². The summed E-state index contributed by atoms with van der Waals surface area (Å²) in [7, 11) is 0. The highest BCUT2D eigenvalue weighted by Crippen LogP contribution is 2.10. The average Bonchev–Trinajstić information content (AvgIpc) is 2.75. The Kier molecular flexibility index (Phi) is 7.09. The van der Waals surface area contributed by atoms with E-state index in [2.05, 4.69) is 28.3 Å². The Balaban J connectivity index is 1.70. The lowest BCUT2D eigenvalue weighted by Crippen LogP contribution is -2.38. The Labute approximate surface area is 140 Å². The SMILES string of the molecule is Cc1cc(C)n(CC(C)NC(=O)CCN2CCCCCCC2)n1. The molecule has 1 saturated heterocycles. The van der Waals surface area contributed by atoms with Gasteiger partial charge in [-0.2, -0.15) is 5.10 Å². The number of carbonyl (C=O) groups excluding carboxylic acids is 1. The first-order chi connectivity index (χ1) is 11.0. The third-order valence-electron chi connectivity index (χ3n) is 4.56. The predicted molar refractivity (Wildman–Crippen MR) is 93.4 cm³/mol. The first-order valence-electron chi connectivity index (χ1n) is 9.07. The molecule has 1 atom stereocenters. The molecule has 2 rings (SSSR count). The summed E-state index contributed by atoms with van der Waals surface area (Å²) in [6.45, 7) is 10.0. The van der Waals surface area contributed by atoms with Crippen LogP contribution in [0.5, 0.6) is 0 Å². The van der Waals surface area contributed by atoms with Gasteiger partial charge in [0.15, 0.2) is 0 Å². The van der Waals surface area contributed by atoms with Crippen molar-refractivity contribution in [2.45, 2.75) is 71.9 Å². The Bertz CT molecular complexity index is 489. The number of rotatable bonds is 6. The number of aromatic nitrogens is 2. The summed E-state index contributed by atoms with van der Waals surface area (Å²) in [4.78, 5) is 14.6. The van der Waals surface area contributed by atoms with Crippen LogP contribution in [-0.2, 0) is 11.3 Å². The predicted octanol–water partition coefficient (Wildman–Crippen LogP) is 2.66. The van der Waals surface area contributed by atoms with Crippen molar-refractivity contribution in [3.63, 3.8) is 0 Å². The molecule has 1 aromatic heterocycles. The molecule has 1 fully saturated rings. The van der Waals surface area contributed by atoms with Gasteiger partial charge in [0, 0.05) is 24.7 Å². The Hall–Kier alpha value is -1.36. The van der Waals surface area contributed by atoms with E-state index in [4.69, 9.17) is 0 Å². The largest absolute Gasteiger partial charge is 0.352 e. The van der Waals surface area contributed by atoms with Crippen LogP contribution in [0, 0.1) is 13.8 Å². The standard InChI is InChI=1S/C18H32N4O/c1-15-13-17(3)22(20-15)14-16(2)19-18(23)9-12-21-10-7-5-4-6-8-11-21/h13,16H,4-12,14H2,1-3H3,(H,19,23). The second kappa shape index (κ2) is 9.06. The zero-order chi connectivity index (χ0) is 16.7. The van der Waals surface area contributed by atoms with E-state index in [1.54, 1.807) is 0 Å². The lowest BCUT2D eigenvalue weighted by molar-refractivity contribution is -0.122. The van der Waals surface area contributed by atoms with Crippen LogP contribution < -0.4 is 5.32 Å². The number of carbonyl (C=O) groups is 1. The van der Waals surface area contributed by atoms with E-state index in [1.807, 2.05) is 18.5 Å². The number of hydrogen-bond donors (Lipinski definition) is 1. The van der Waals surface area contributed by atoms with E-state index in [-0.39, 0.29) is 11.9 Å². The molecule has 1 N–H and O–H groups in total. The number of hydrogen-bond acceptors (Lipinski definition) is 3. The van der Waals surface area contributed by atoms with Crippen LogP contribution in [0.4, 0.5) is 0 Å². The van der Waals surface area contributed by atoms with Gasteiger partial charge in [0.2, 0.25) is 5.91 Å². The third kappa shape index (κ3) is 6.34. The fourth-order valence-electron chi connectivity index (χ4n) is 3.31. The van der Waals surface area contributed by atoms with Crippen molar-refractivity contribution in [3.05, 3.63) is 17.5 Å². The van der Waals surface area contributed by atoms with E-state index < -0.39 is 0 Å². The van der Waals surface area contributed by atoms with Crippen LogP contribution in [0.1, 0.15) is 56.8 Å². The number of aryl methyl sites for hydroxylation is 2. The number of nitrogens with zero attached hydrogens (tertiary/aromatic N) is 3. The molecule has 1 amide bonds. The van der Waals surface area contributed by atoms with Crippen LogP contribution in [0.3, 0.4) is 0 Å². The van der Waals surface area contributed by atoms with Gasteiger partial charge < -0.3 is 10.2 Å². The first-order valence-corrected chi connectivity index (χ1v) is 9.07. The summed E-state index contributed by atoms with van der Waals surface area (Å²) in [5, 5.41) is 7.56. The van der Waals surface area contributed by atoms with Crippen molar-refractivity contribution >= 4 is 5.91 Å². The van der Waals surface area contributed by atoms with Crippen LogP contribution >= 0.6 is 0 Å². The monoisotopic (exact) mass is 320 g/mol. The summed E-state index contributed by atoms with van der Waals surface area (Å²) in [5.41, 5.74) is 2.17. The minimum atomic E-state index is 0.104. The lowest BCUT2D eigenvalue weighted by atomic mass is 10.1. The lowest BCUT2D eigenvalue weighted by Gasteiger charge is -2.24. The molecule has 1 aliphatic heterocycles. The van der Waals surface area contributed by atoms with Gasteiger partial charge >= 0.3 is 0 Å². The van der Waals surface area contributed by atoms with Gasteiger partial charge in [-0.25, -0.2) is 0 Å². The van der Waals surface area contributed by atoms with Gasteiger partial charge in [-0.05, 0) is 52.8 Å². The van der Waals surface area contributed by atoms with Crippen LogP contribution in [0.25, 0.3) is 0 Å². The minimum Gasteiger partial charge on any atom is -0.352 e. The van der Waals surface area contributed by atoms with Crippen molar-refractivity contribution in [1.82, 2.24) is 20.0 Å². The molecule has 0 saturated carbocycles. The quantitative estimate of drug-likeness (QED) is 0.877. The van der Waals surface area contributed by atoms with Crippen molar-refractivity contribution < 1.29 is 4.79 Å². The third-order valence-corrected chi connectivity index (χ3v) is 4.56. The molecule has 0 aromatic carbocycles. The van der Waals surface area contributed by atoms with Crippen LogP contribution in [-0.4, -0.2) is 46.3 Å².